The van der Waals surface area contributed by atoms with Crippen LogP contribution in [0, 0.1) is 29.6 Å². The first-order valence-corrected chi connectivity index (χ1v) is 16.6. The molecule has 46 heavy (non-hydrogen) atoms. The van der Waals surface area contributed by atoms with Crippen molar-refractivity contribution in [3.05, 3.63) is 35.9 Å². The molecule has 2 bridgehead atoms. The Balaban J connectivity index is 1.16. The molecule has 4 aliphatic heterocycles. The molecule has 5 fully saturated rings. The van der Waals surface area contributed by atoms with Gasteiger partial charge in [-0.15, -0.1) is 0 Å². The van der Waals surface area contributed by atoms with E-state index in [-0.39, 0.29) is 42.9 Å². The molecule has 1 spiro atoms. The Hall–Kier alpha value is -3.06. The number of carbonyl (C=O) groups excluding carboxylic acids is 3. The molecule has 1 aromatic rings. The number of carboxylic acid groups (broad SMARTS) is 1. The number of amides is 2. The Morgan fingerprint density at radius 3 is 2.41 bits per heavy atom. The summed E-state index contributed by atoms with van der Waals surface area (Å²) in [5.74, 6) is -3.43. The van der Waals surface area contributed by atoms with Crippen molar-refractivity contribution in [3.63, 3.8) is 0 Å². The van der Waals surface area contributed by atoms with Crippen molar-refractivity contribution in [2.45, 2.75) is 122 Å². The number of benzene rings is 1. The zero-order valence-corrected chi connectivity index (χ0v) is 27.4. The summed E-state index contributed by atoms with van der Waals surface area (Å²) in [6, 6.07) is 6.86. The fourth-order valence-corrected chi connectivity index (χ4v) is 7.70. The van der Waals surface area contributed by atoms with Gasteiger partial charge in [0.05, 0.1) is 6.42 Å². The molecule has 6 rings (SSSR count). The van der Waals surface area contributed by atoms with Gasteiger partial charge >= 0.3 is 11.9 Å². The highest BCUT2D eigenvalue weighted by molar-refractivity contribution is 5.91. The van der Waals surface area contributed by atoms with E-state index in [0.29, 0.717) is 18.8 Å². The fourth-order valence-electron chi connectivity index (χ4n) is 7.70. The normalized spacial score (nSPS) is 34.5. The number of aliphatic carboxylic acids is 1. The molecule has 5 aliphatic rings. The van der Waals surface area contributed by atoms with E-state index in [1.165, 1.54) is 0 Å². The molecule has 4 saturated heterocycles. The highest BCUT2D eigenvalue weighted by Gasteiger charge is 2.69. The average Bonchev–Trinajstić information content (AvgIpc) is 3.24. The van der Waals surface area contributed by atoms with Gasteiger partial charge in [-0.2, -0.15) is 0 Å². The zero-order valence-electron chi connectivity index (χ0n) is 27.4. The molecule has 0 aromatic heterocycles. The molecule has 1 saturated carbocycles. The van der Waals surface area contributed by atoms with E-state index < -0.39 is 59.8 Å². The lowest BCUT2D eigenvalue weighted by Gasteiger charge is -2.59. The molecular formula is C34H48N2O10. The van der Waals surface area contributed by atoms with Crippen LogP contribution in [-0.2, 0) is 49.6 Å². The molecule has 1 aliphatic carbocycles. The Bertz CT molecular complexity index is 1280. The van der Waals surface area contributed by atoms with Crippen LogP contribution < -0.4 is 10.6 Å². The van der Waals surface area contributed by atoms with Gasteiger partial charge in [0.2, 0.25) is 23.9 Å². The number of hydrogen-bond donors (Lipinski definition) is 3. The minimum atomic E-state index is -1.17. The van der Waals surface area contributed by atoms with Gasteiger partial charge in [-0.1, -0.05) is 58.0 Å². The molecule has 0 radical (unpaired) electrons. The van der Waals surface area contributed by atoms with Gasteiger partial charge in [-0.25, -0.2) is 14.6 Å². The van der Waals surface area contributed by atoms with Gasteiger partial charge in [0.1, 0.15) is 12.1 Å². The molecule has 12 heteroatoms. The van der Waals surface area contributed by atoms with E-state index in [1.54, 1.807) is 24.3 Å². The Morgan fingerprint density at radius 1 is 0.978 bits per heavy atom. The van der Waals surface area contributed by atoms with Gasteiger partial charge < -0.3 is 30.0 Å². The van der Waals surface area contributed by atoms with E-state index in [2.05, 4.69) is 17.6 Å². The van der Waals surface area contributed by atoms with Gasteiger partial charge in [0, 0.05) is 31.1 Å². The maximum absolute atomic E-state index is 13.2. The van der Waals surface area contributed by atoms with E-state index >= 15 is 0 Å². The van der Waals surface area contributed by atoms with E-state index in [1.807, 2.05) is 33.8 Å². The summed E-state index contributed by atoms with van der Waals surface area (Å²) in [6.45, 7) is 9.83. The van der Waals surface area contributed by atoms with Crippen LogP contribution >= 0.6 is 0 Å². The highest BCUT2D eigenvalue weighted by Crippen LogP contribution is 2.60. The van der Waals surface area contributed by atoms with Crippen molar-refractivity contribution in [1.82, 2.24) is 10.6 Å². The van der Waals surface area contributed by atoms with Crippen LogP contribution in [0.4, 0.5) is 0 Å². The van der Waals surface area contributed by atoms with Crippen molar-refractivity contribution >= 4 is 23.8 Å². The summed E-state index contributed by atoms with van der Waals surface area (Å²) in [6.07, 6.45) is 1.75. The Morgan fingerprint density at radius 2 is 1.72 bits per heavy atom. The topological polar surface area (TPSA) is 159 Å². The minimum Gasteiger partial charge on any atom is -0.480 e. The SMILES string of the molecule is CC(C)C[C@H](NC(=O)CCC(=O)O[C@@H]1O[C@H]2O[C@]3(C)CC[C@H]4[C@H](C)CC[C@@H]([C@H]1C)[C@@]24OO3)C(=O)N[C@@H](Cc1ccccc1)C(=O)O. The predicted octanol–water partition coefficient (Wildman–Crippen LogP) is 3.86. The van der Waals surface area contributed by atoms with Gasteiger partial charge in [0.15, 0.2) is 11.9 Å². The minimum absolute atomic E-state index is 0.0111. The summed E-state index contributed by atoms with van der Waals surface area (Å²) in [7, 11) is 0. The fraction of sp³-hybridized carbons (Fsp3) is 0.706. The standard InChI is InChI=1S/C34H48N2O10/c1-19(2)17-25(29(39)36-26(30(40)41)18-22-9-7-6-8-10-22)35-27(37)13-14-28(38)42-31-21(4)24-12-11-20(3)23-15-16-33(5)44-32(43-31)34(23,24)46-45-33/h6-10,19-21,23-26,31-32H,11-18H2,1-5H3,(H,35,37)(H,36,39)(H,40,41)/t20-,21-,23+,24+,25+,26+,31-,32+,33+,34-/m1/s1. The summed E-state index contributed by atoms with van der Waals surface area (Å²) in [5, 5.41) is 15.0. The number of esters is 1. The predicted molar refractivity (Wildman–Crippen MR) is 163 cm³/mol. The van der Waals surface area contributed by atoms with Crippen LogP contribution in [0.25, 0.3) is 0 Å². The number of hydrogen-bond acceptors (Lipinski definition) is 9. The summed E-state index contributed by atoms with van der Waals surface area (Å²) >= 11 is 0. The first-order valence-electron chi connectivity index (χ1n) is 16.6. The third-order valence-corrected chi connectivity index (χ3v) is 10.2. The van der Waals surface area contributed by atoms with Gasteiger partial charge in [0.25, 0.3) is 0 Å². The van der Waals surface area contributed by atoms with Crippen molar-refractivity contribution in [3.8, 4) is 0 Å². The average molecular weight is 645 g/mol. The number of ether oxygens (including phenoxy) is 3. The number of nitrogens with one attached hydrogen (secondary N) is 2. The molecule has 2 amide bonds. The second-order valence-electron chi connectivity index (χ2n) is 14.1. The number of rotatable bonds is 12. The summed E-state index contributed by atoms with van der Waals surface area (Å²) < 4.78 is 18.4. The summed E-state index contributed by atoms with van der Waals surface area (Å²) in [5.41, 5.74) is -0.0153. The third-order valence-electron chi connectivity index (χ3n) is 10.2. The third kappa shape index (κ3) is 7.25. The monoisotopic (exact) mass is 644 g/mol. The summed E-state index contributed by atoms with van der Waals surface area (Å²) in [4.78, 5) is 63.0. The molecule has 12 nitrogen and oxygen atoms in total. The van der Waals surface area contributed by atoms with E-state index in [9.17, 15) is 24.3 Å². The maximum Gasteiger partial charge on any atom is 0.326 e. The van der Waals surface area contributed by atoms with Crippen molar-refractivity contribution < 1.29 is 48.3 Å². The van der Waals surface area contributed by atoms with Crippen molar-refractivity contribution in [1.29, 1.82) is 0 Å². The first kappa shape index (κ1) is 34.3. The lowest BCUT2D eigenvalue weighted by molar-refractivity contribution is -0.576. The smallest absolute Gasteiger partial charge is 0.326 e. The highest BCUT2D eigenvalue weighted by atomic mass is 17.3. The van der Waals surface area contributed by atoms with E-state index in [0.717, 1.165) is 24.8 Å². The lowest BCUT2D eigenvalue weighted by Crippen LogP contribution is -2.70. The van der Waals surface area contributed by atoms with Crippen molar-refractivity contribution in [2.24, 2.45) is 29.6 Å². The molecule has 3 N–H and O–H groups in total. The molecule has 254 valence electrons. The second kappa shape index (κ2) is 14.0. The van der Waals surface area contributed by atoms with E-state index in [4.69, 9.17) is 24.0 Å². The van der Waals surface area contributed by atoms with Crippen LogP contribution in [0.1, 0.15) is 85.1 Å². The number of carbonyl (C=O) groups is 4. The molecule has 1 aromatic carbocycles. The molecule has 0 unspecified atom stereocenters. The molecule has 10 atom stereocenters. The largest absolute Gasteiger partial charge is 0.480 e. The zero-order chi connectivity index (χ0) is 33.2. The van der Waals surface area contributed by atoms with Crippen LogP contribution in [-0.4, -0.2) is 64.9 Å². The van der Waals surface area contributed by atoms with Crippen LogP contribution in [0.2, 0.25) is 0 Å². The number of carboxylic acids is 1. The quantitative estimate of drug-likeness (QED) is 0.225. The Labute approximate surface area is 270 Å². The van der Waals surface area contributed by atoms with Crippen LogP contribution in [0.15, 0.2) is 30.3 Å². The molecule has 4 heterocycles. The lowest BCUT2D eigenvalue weighted by atomic mass is 9.58. The van der Waals surface area contributed by atoms with Gasteiger partial charge in [-0.05, 0) is 55.9 Å². The van der Waals surface area contributed by atoms with Crippen LogP contribution in [0.3, 0.4) is 0 Å². The first-order chi connectivity index (χ1) is 21.8. The van der Waals surface area contributed by atoms with Crippen LogP contribution in [0.5, 0.6) is 0 Å². The maximum atomic E-state index is 13.2. The van der Waals surface area contributed by atoms with Crippen molar-refractivity contribution in [2.75, 3.05) is 0 Å². The van der Waals surface area contributed by atoms with Gasteiger partial charge in [-0.3, -0.25) is 14.4 Å². The number of fused-ring (bicyclic) bond motifs is 2. The second-order valence-corrected chi connectivity index (χ2v) is 14.1. The Kier molecular flexibility index (Phi) is 10.4. The molecular weight excluding hydrogens is 596 g/mol.